The van der Waals surface area contributed by atoms with E-state index in [1.807, 2.05) is 0 Å². The Morgan fingerprint density at radius 2 is 1.09 bits per heavy atom. The van der Waals surface area contributed by atoms with Gasteiger partial charge in [0.05, 0.1) is 5.41 Å². The summed E-state index contributed by atoms with van der Waals surface area (Å²) < 4.78 is 15.4. The van der Waals surface area contributed by atoms with Crippen LogP contribution < -0.4 is 0 Å². The van der Waals surface area contributed by atoms with Crippen molar-refractivity contribution in [2.75, 3.05) is 19.8 Å². The van der Waals surface area contributed by atoms with Crippen LogP contribution in [-0.4, -0.2) is 37.7 Å². The van der Waals surface area contributed by atoms with E-state index in [-0.39, 0.29) is 19.8 Å². The van der Waals surface area contributed by atoms with Gasteiger partial charge >= 0.3 is 17.9 Å². The van der Waals surface area contributed by atoms with Crippen LogP contribution in [0.25, 0.3) is 0 Å². The number of rotatable bonds is 12. The van der Waals surface area contributed by atoms with Gasteiger partial charge in [0.2, 0.25) is 0 Å². The van der Waals surface area contributed by atoms with Crippen LogP contribution >= 0.6 is 0 Å². The lowest BCUT2D eigenvalue weighted by molar-refractivity contribution is -0.159. The molecule has 0 aromatic rings. The highest BCUT2D eigenvalue weighted by Gasteiger charge is 2.34. The van der Waals surface area contributed by atoms with Gasteiger partial charge in [-0.05, 0) is 6.42 Å². The second kappa shape index (κ2) is 11.9. The Balaban J connectivity index is 4.82. The molecule has 134 valence electrons. The summed E-state index contributed by atoms with van der Waals surface area (Å²) in [6.07, 6.45) is 6.04. The molecule has 0 aliphatic rings. The van der Waals surface area contributed by atoms with E-state index in [4.69, 9.17) is 14.2 Å². The monoisotopic (exact) mass is 330 g/mol. The zero-order chi connectivity index (χ0) is 17.7. The molecule has 6 nitrogen and oxygen atoms in total. The van der Waals surface area contributed by atoms with E-state index in [0.717, 1.165) is 25.7 Å². The lowest BCUT2D eigenvalue weighted by atomic mass is 9.84. The maximum Gasteiger partial charge on any atom is 0.302 e. The van der Waals surface area contributed by atoms with Gasteiger partial charge in [-0.15, -0.1) is 0 Å². The quantitative estimate of drug-likeness (QED) is 0.311. The number of hydrogen-bond donors (Lipinski definition) is 0. The van der Waals surface area contributed by atoms with E-state index in [1.165, 1.54) is 27.2 Å². The molecule has 23 heavy (non-hydrogen) atoms. The first kappa shape index (κ1) is 21.4. The molecule has 0 N–H and O–H groups in total. The fourth-order valence-electron chi connectivity index (χ4n) is 2.21. The van der Waals surface area contributed by atoms with E-state index < -0.39 is 23.3 Å². The predicted octanol–water partition coefficient (Wildman–Crippen LogP) is 3.02. The third-order valence-corrected chi connectivity index (χ3v) is 3.56. The van der Waals surface area contributed by atoms with Gasteiger partial charge in [0, 0.05) is 20.8 Å². The summed E-state index contributed by atoms with van der Waals surface area (Å²) in [6, 6.07) is 0. The van der Waals surface area contributed by atoms with Gasteiger partial charge in [0.1, 0.15) is 19.8 Å². The molecule has 0 fully saturated rings. The largest absolute Gasteiger partial charge is 0.465 e. The fourth-order valence-corrected chi connectivity index (χ4v) is 2.21. The molecule has 0 aromatic heterocycles. The van der Waals surface area contributed by atoms with E-state index in [9.17, 15) is 14.4 Å². The molecule has 0 spiro atoms. The number of carbonyl (C=O) groups excluding carboxylic acids is 3. The minimum Gasteiger partial charge on any atom is -0.465 e. The SMILES string of the molecule is CCCCCCCC(COC(C)=O)(COC(C)=O)COC(C)=O. The van der Waals surface area contributed by atoms with Crippen LogP contribution in [-0.2, 0) is 28.6 Å². The molecule has 0 aromatic carbocycles. The zero-order valence-corrected chi connectivity index (χ0v) is 14.8. The summed E-state index contributed by atoms with van der Waals surface area (Å²) >= 11 is 0. The third kappa shape index (κ3) is 11.6. The first-order valence-corrected chi connectivity index (χ1v) is 8.21. The van der Waals surface area contributed by atoms with Crippen LogP contribution in [0.4, 0.5) is 0 Å². The first-order valence-electron chi connectivity index (χ1n) is 8.21. The summed E-state index contributed by atoms with van der Waals surface area (Å²) in [7, 11) is 0. The Bertz CT molecular complexity index is 332. The Hall–Kier alpha value is -1.59. The summed E-state index contributed by atoms with van der Waals surface area (Å²) in [5.41, 5.74) is -0.685. The molecule has 0 saturated heterocycles. The van der Waals surface area contributed by atoms with Gasteiger partial charge in [-0.3, -0.25) is 14.4 Å². The normalized spacial score (nSPS) is 11.0. The smallest absolute Gasteiger partial charge is 0.302 e. The highest BCUT2D eigenvalue weighted by Crippen LogP contribution is 2.28. The van der Waals surface area contributed by atoms with Gasteiger partial charge in [-0.25, -0.2) is 0 Å². The van der Waals surface area contributed by atoms with E-state index >= 15 is 0 Å². The Labute approximate surface area is 138 Å². The average molecular weight is 330 g/mol. The van der Waals surface area contributed by atoms with E-state index in [2.05, 4.69) is 6.92 Å². The highest BCUT2D eigenvalue weighted by molar-refractivity contribution is 5.67. The summed E-state index contributed by atoms with van der Waals surface area (Å²) in [5.74, 6) is -1.23. The number of unbranched alkanes of at least 4 members (excludes halogenated alkanes) is 4. The standard InChI is InChI=1S/C17H30O6/c1-5-6-7-8-9-10-17(11-21-14(2)18,12-22-15(3)19)13-23-16(4)20/h5-13H2,1-4H3. The molecule has 0 unspecified atom stereocenters. The van der Waals surface area contributed by atoms with Crippen LogP contribution in [0.2, 0.25) is 0 Å². The first-order chi connectivity index (χ1) is 10.8. The minimum absolute atomic E-state index is 0.0661. The van der Waals surface area contributed by atoms with Crippen molar-refractivity contribution in [2.45, 2.75) is 66.2 Å². The summed E-state index contributed by atoms with van der Waals surface area (Å²) in [5, 5.41) is 0. The Morgan fingerprint density at radius 3 is 1.43 bits per heavy atom. The minimum atomic E-state index is -0.685. The molecule has 0 saturated carbocycles. The van der Waals surface area contributed by atoms with Crippen molar-refractivity contribution in [1.82, 2.24) is 0 Å². The number of esters is 3. The van der Waals surface area contributed by atoms with Crippen LogP contribution in [0.3, 0.4) is 0 Å². The highest BCUT2D eigenvalue weighted by atomic mass is 16.6. The third-order valence-electron chi connectivity index (χ3n) is 3.56. The van der Waals surface area contributed by atoms with Gasteiger partial charge in [-0.2, -0.15) is 0 Å². The maximum absolute atomic E-state index is 11.1. The molecule has 0 aliphatic heterocycles. The maximum atomic E-state index is 11.1. The Kier molecular flexibility index (Phi) is 11.1. The van der Waals surface area contributed by atoms with Crippen molar-refractivity contribution in [3.63, 3.8) is 0 Å². The molecule has 0 radical (unpaired) electrons. The number of carbonyl (C=O) groups is 3. The van der Waals surface area contributed by atoms with Gasteiger partial charge in [0.25, 0.3) is 0 Å². The van der Waals surface area contributed by atoms with Crippen LogP contribution in [0.1, 0.15) is 66.2 Å². The second-order valence-corrected chi connectivity index (χ2v) is 6.00. The predicted molar refractivity (Wildman–Crippen MR) is 85.7 cm³/mol. The van der Waals surface area contributed by atoms with Gasteiger partial charge in [0.15, 0.2) is 0 Å². The van der Waals surface area contributed by atoms with Crippen molar-refractivity contribution in [2.24, 2.45) is 5.41 Å². The second-order valence-electron chi connectivity index (χ2n) is 6.00. The molecular weight excluding hydrogens is 300 g/mol. The van der Waals surface area contributed by atoms with E-state index in [0.29, 0.717) is 6.42 Å². The lowest BCUT2D eigenvalue weighted by Gasteiger charge is -2.32. The van der Waals surface area contributed by atoms with Crippen molar-refractivity contribution in [3.05, 3.63) is 0 Å². The van der Waals surface area contributed by atoms with Crippen LogP contribution in [0, 0.1) is 5.41 Å². The molecule has 0 aliphatic carbocycles. The fraction of sp³-hybridized carbons (Fsp3) is 0.824. The Morgan fingerprint density at radius 1 is 0.696 bits per heavy atom. The average Bonchev–Trinajstić information content (AvgIpc) is 2.47. The molecule has 6 heteroatoms. The molecule has 0 bridgehead atoms. The molecule has 0 atom stereocenters. The van der Waals surface area contributed by atoms with Crippen LogP contribution in [0.5, 0.6) is 0 Å². The van der Waals surface area contributed by atoms with Crippen molar-refractivity contribution in [3.8, 4) is 0 Å². The van der Waals surface area contributed by atoms with E-state index in [1.54, 1.807) is 0 Å². The molecular formula is C17H30O6. The molecule has 0 heterocycles. The summed E-state index contributed by atoms with van der Waals surface area (Å²) in [6.45, 7) is 6.31. The van der Waals surface area contributed by atoms with Crippen molar-refractivity contribution < 1.29 is 28.6 Å². The molecule has 0 amide bonds. The summed E-state index contributed by atoms with van der Waals surface area (Å²) in [4.78, 5) is 33.4. The van der Waals surface area contributed by atoms with Gasteiger partial charge in [-0.1, -0.05) is 39.0 Å². The van der Waals surface area contributed by atoms with Gasteiger partial charge < -0.3 is 14.2 Å². The van der Waals surface area contributed by atoms with Crippen molar-refractivity contribution >= 4 is 17.9 Å². The topological polar surface area (TPSA) is 78.9 Å². The van der Waals surface area contributed by atoms with Crippen molar-refractivity contribution in [1.29, 1.82) is 0 Å². The number of ether oxygens (including phenoxy) is 3. The number of hydrogen-bond acceptors (Lipinski definition) is 6. The van der Waals surface area contributed by atoms with Crippen LogP contribution in [0.15, 0.2) is 0 Å². The lowest BCUT2D eigenvalue weighted by Crippen LogP contribution is -2.39. The zero-order valence-electron chi connectivity index (χ0n) is 14.8. The molecule has 0 rings (SSSR count).